The molecule has 3 aromatic rings. The standard InChI is InChI=1S/C21H19ClN2O3/c1-26-18-8-3-5-15(12-18)13-20(25)24-21-19(9-4-10-23-21)27-14-16-6-2-7-17(22)11-16/h2-12H,13-14H2,1H3,(H,23,24,25). The zero-order chi connectivity index (χ0) is 19.1. The summed E-state index contributed by atoms with van der Waals surface area (Å²) >= 11 is 5.99. The van der Waals surface area contributed by atoms with Gasteiger partial charge in [0.2, 0.25) is 5.91 Å². The summed E-state index contributed by atoms with van der Waals surface area (Å²) in [6, 6.07) is 18.3. The number of pyridine rings is 1. The van der Waals surface area contributed by atoms with E-state index in [1.165, 1.54) is 0 Å². The van der Waals surface area contributed by atoms with E-state index in [0.29, 0.717) is 28.9 Å². The molecule has 3 rings (SSSR count). The number of rotatable bonds is 7. The Morgan fingerprint density at radius 1 is 1.07 bits per heavy atom. The second-order valence-electron chi connectivity index (χ2n) is 5.85. The Labute approximate surface area is 162 Å². The first kappa shape index (κ1) is 18.7. The third-order valence-corrected chi connectivity index (χ3v) is 4.05. The molecule has 1 N–H and O–H groups in total. The number of benzene rings is 2. The van der Waals surface area contributed by atoms with Crippen molar-refractivity contribution in [2.75, 3.05) is 12.4 Å². The molecule has 1 aromatic heterocycles. The van der Waals surface area contributed by atoms with Crippen LogP contribution in [0.25, 0.3) is 0 Å². The van der Waals surface area contributed by atoms with Crippen molar-refractivity contribution in [2.24, 2.45) is 0 Å². The Morgan fingerprint density at radius 2 is 1.89 bits per heavy atom. The minimum Gasteiger partial charge on any atom is -0.497 e. The van der Waals surface area contributed by atoms with Gasteiger partial charge in [-0.15, -0.1) is 0 Å². The van der Waals surface area contributed by atoms with Gasteiger partial charge in [0, 0.05) is 11.2 Å². The fourth-order valence-electron chi connectivity index (χ4n) is 2.53. The van der Waals surface area contributed by atoms with Gasteiger partial charge >= 0.3 is 0 Å². The Kier molecular flexibility index (Phi) is 6.28. The molecule has 0 atom stereocenters. The monoisotopic (exact) mass is 382 g/mol. The maximum absolute atomic E-state index is 12.4. The van der Waals surface area contributed by atoms with Crippen molar-refractivity contribution in [3.05, 3.63) is 83.0 Å². The first-order valence-corrected chi connectivity index (χ1v) is 8.77. The zero-order valence-corrected chi connectivity index (χ0v) is 15.6. The molecule has 138 valence electrons. The molecular weight excluding hydrogens is 364 g/mol. The number of anilines is 1. The van der Waals surface area contributed by atoms with Crippen molar-refractivity contribution in [3.63, 3.8) is 0 Å². The summed E-state index contributed by atoms with van der Waals surface area (Å²) in [4.78, 5) is 16.6. The molecule has 0 spiro atoms. The highest BCUT2D eigenvalue weighted by molar-refractivity contribution is 6.30. The predicted molar refractivity (Wildman–Crippen MR) is 105 cm³/mol. The van der Waals surface area contributed by atoms with Crippen LogP contribution in [0.5, 0.6) is 11.5 Å². The second-order valence-corrected chi connectivity index (χ2v) is 6.28. The lowest BCUT2D eigenvalue weighted by molar-refractivity contribution is -0.115. The zero-order valence-electron chi connectivity index (χ0n) is 14.8. The summed E-state index contributed by atoms with van der Waals surface area (Å²) in [5.41, 5.74) is 1.78. The molecule has 0 aliphatic carbocycles. The molecule has 0 aliphatic rings. The van der Waals surface area contributed by atoms with Gasteiger partial charge in [-0.05, 0) is 47.5 Å². The van der Waals surface area contributed by atoms with Crippen LogP contribution in [0.4, 0.5) is 5.82 Å². The van der Waals surface area contributed by atoms with Crippen molar-refractivity contribution in [1.82, 2.24) is 4.98 Å². The summed E-state index contributed by atoms with van der Waals surface area (Å²) in [6.45, 7) is 0.324. The van der Waals surface area contributed by atoms with Gasteiger partial charge in [0.25, 0.3) is 0 Å². The van der Waals surface area contributed by atoms with Gasteiger partial charge < -0.3 is 14.8 Å². The van der Waals surface area contributed by atoms with Crippen LogP contribution in [0.15, 0.2) is 66.9 Å². The van der Waals surface area contributed by atoms with E-state index in [-0.39, 0.29) is 12.3 Å². The molecule has 0 bridgehead atoms. The number of ether oxygens (including phenoxy) is 2. The van der Waals surface area contributed by atoms with E-state index in [1.807, 2.05) is 42.5 Å². The highest BCUT2D eigenvalue weighted by Crippen LogP contribution is 2.23. The molecule has 0 aliphatic heterocycles. The lowest BCUT2D eigenvalue weighted by Gasteiger charge is -2.12. The predicted octanol–water partition coefficient (Wildman–Crippen LogP) is 4.50. The smallest absolute Gasteiger partial charge is 0.230 e. The van der Waals surface area contributed by atoms with E-state index in [9.17, 15) is 4.79 Å². The topological polar surface area (TPSA) is 60.5 Å². The number of amides is 1. The summed E-state index contributed by atoms with van der Waals surface area (Å²) < 4.78 is 11.0. The van der Waals surface area contributed by atoms with Crippen molar-refractivity contribution in [2.45, 2.75) is 13.0 Å². The Morgan fingerprint density at radius 3 is 2.70 bits per heavy atom. The van der Waals surface area contributed by atoms with Crippen LogP contribution >= 0.6 is 11.6 Å². The maximum atomic E-state index is 12.4. The van der Waals surface area contributed by atoms with E-state index < -0.39 is 0 Å². The van der Waals surface area contributed by atoms with Crippen molar-refractivity contribution in [1.29, 1.82) is 0 Å². The summed E-state index contributed by atoms with van der Waals surface area (Å²) in [7, 11) is 1.59. The highest BCUT2D eigenvalue weighted by atomic mass is 35.5. The van der Waals surface area contributed by atoms with E-state index >= 15 is 0 Å². The fraction of sp³-hybridized carbons (Fsp3) is 0.143. The number of nitrogens with one attached hydrogen (secondary N) is 1. The van der Waals surface area contributed by atoms with Gasteiger partial charge in [0.15, 0.2) is 11.6 Å². The number of aromatic nitrogens is 1. The molecule has 0 unspecified atom stereocenters. The SMILES string of the molecule is COc1cccc(CC(=O)Nc2ncccc2OCc2cccc(Cl)c2)c1. The summed E-state index contributed by atoms with van der Waals surface area (Å²) in [5, 5.41) is 3.45. The van der Waals surface area contributed by atoms with E-state index in [2.05, 4.69) is 10.3 Å². The average Bonchev–Trinajstić information content (AvgIpc) is 2.67. The van der Waals surface area contributed by atoms with Gasteiger partial charge in [-0.25, -0.2) is 4.98 Å². The van der Waals surface area contributed by atoms with Crippen LogP contribution in [0.3, 0.4) is 0 Å². The summed E-state index contributed by atoms with van der Waals surface area (Å²) in [6.07, 6.45) is 1.81. The van der Waals surface area contributed by atoms with Crippen molar-refractivity contribution in [3.8, 4) is 11.5 Å². The van der Waals surface area contributed by atoms with Crippen LogP contribution in [-0.2, 0) is 17.8 Å². The normalized spacial score (nSPS) is 10.3. The molecule has 0 saturated carbocycles. The minimum absolute atomic E-state index is 0.186. The van der Waals surface area contributed by atoms with Gasteiger partial charge in [0.05, 0.1) is 13.5 Å². The third kappa shape index (κ3) is 5.46. The molecular formula is C21H19ClN2O3. The lowest BCUT2D eigenvalue weighted by Crippen LogP contribution is -2.16. The van der Waals surface area contributed by atoms with Crippen LogP contribution in [0.1, 0.15) is 11.1 Å². The van der Waals surface area contributed by atoms with Crippen LogP contribution in [-0.4, -0.2) is 18.0 Å². The van der Waals surface area contributed by atoms with Crippen LogP contribution in [0.2, 0.25) is 5.02 Å². The molecule has 1 heterocycles. The minimum atomic E-state index is -0.186. The molecule has 5 nitrogen and oxygen atoms in total. The Balaban J connectivity index is 1.65. The fourth-order valence-corrected chi connectivity index (χ4v) is 2.75. The number of carbonyl (C=O) groups excluding carboxylic acids is 1. The molecule has 6 heteroatoms. The third-order valence-electron chi connectivity index (χ3n) is 3.81. The molecule has 2 aromatic carbocycles. The van der Waals surface area contributed by atoms with E-state index in [1.54, 1.807) is 31.5 Å². The maximum Gasteiger partial charge on any atom is 0.230 e. The highest BCUT2D eigenvalue weighted by Gasteiger charge is 2.10. The molecule has 0 saturated heterocycles. The van der Waals surface area contributed by atoms with Crippen LogP contribution < -0.4 is 14.8 Å². The summed E-state index contributed by atoms with van der Waals surface area (Å²) in [5.74, 6) is 1.40. The van der Waals surface area contributed by atoms with Gasteiger partial charge in [0.1, 0.15) is 12.4 Å². The van der Waals surface area contributed by atoms with E-state index in [4.69, 9.17) is 21.1 Å². The number of halogens is 1. The van der Waals surface area contributed by atoms with Crippen LogP contribution in [0, 0.1) is 0 Å². The van der Waals surface area contributed by atoms with E-state index in [0.717, 1.165) is 11.1 Å². The quantitative estimate of drug-likeness (QED) is 0.653. The average molecular weight is 383 g/mol. The van der Waals surface area contributed by atoms with Gasteiger partial charge in [-0.3, -0.25) is 4.79 Å². The molecule has 27 heavy (non-hydrogen) atoms. The van der Waals surface area contributed by atoms with Gasteiger partial charge in [-0.2, -0.15) is 0 Å². The lowest BCUT2D eigenvalue weighted by atomic mass is 10.1. The number of methoxy groups -OCH3 is 1. The first-order chi connectivity index (χ1) is 13.1. The Bertz CT molecular complexity index is 931. The molecule has 0 radical (unpaired) electrons. The Hall–Kier alpha value is -3.05. The molecule has 1 amide bonds. The van der Waals surface area contributed by atoms with Crippen molar-refractivity contribution < 1.29 is 14.3 Å². The number of carbonyl (C=O) groups is 1. The number of nitrogens with zero attached hydrogens (tertiary/aromatic N) is 1. The number of hydrogen-bond acceptors (Lipinski definition) is 4. The largest absolute Gasteiger partial charge is 0.497 e. The van der Waals surface area contributed by atoms with Crippen molar-refractivity contribution >= 4 is 23.3 Å². The first-order valence-electron chi connectivity index (χ1n) is 8.39. The second kappa shape index (κ2) is 9.05. The number of hydrogen-bond donors (Lipinski definition) is 1. The molecule has 0 fully saturated rings. The van der Waals surface area contributed by atoms with Gasteiger partial charge in [-0.1, -0.05) is 35.9 Å².